The first-order valence-corrected chi connectivity index (χ1v) is 9.63. The maximum absolute atomic E-state index is 12.2. The molecule has 0 saturated carbocycles. The molecule has 0 amide bonds. The summed E-state index contributed by atoms with van der Waals surface area (Å²) in [5, 5.41) is 0. The third-order valence-electron chi connectivity index (χ3n) is 4.15. The van der Waals surface area contributed by atoms with Gasteiger partial charge in [-0.3, -0.25) is 0 Å². The first-order chi connectivity index (χ1) is 15.2. The van der Waals surface area contributed by atoms with Gasteiger partial charge in [-0.1, -0.05) is 42.5 Å². The van der Waals surface area contributed by atoms with Crippen LogP contribution < -0.4 is 14.2 Å². The minimum absolute atomic E-state index is 0.0966. The van der Waals surface area contributed by atoms with E-state index in [2.05, 4.69) is 0 Å². The van der Waals surface area contributed by atoms with Gasteiger partial charge >= 0.3 is 11.9 Å². The van der Waals surface area contributed by atoms with Crippen molar-refractivity contribution in [3.05, 3.63) is 96.1 Å². The van der Waals surface area contributed by atoms with E-state index in [1.807, 2.05) is 48.5 Å². The summed E-state index contributed by atoms with van der Waals surface area (Å²) in [5.74, 6) is 0.484. The Morgan fingerprint density at radius 1 is 0.839 bits per heavy atom. The van der Waals surface area contributed by atoms with E-state index in [1.54, 1.807) is 37.5 Å². The Morgan fingerprint density at radius 2 is 1.58 bits per heavy atom. The van der Waals surface area contributed by atoms with Gasteiger partial charge in [0.1, 0.15) is 30.5 Å². The summed E-state index contributed by atoms with van der Waals surface area (Å²) in [7, 11) is 1.56. The van der Waals surface area contributed by atoms with Crippen molar-refractivity contribution >= 4 is 18.0 Å². The van der Waals surface area contributed by atoms with Crippen LogP contribution in [0.2, 0.25) is 0 Å². The lowest BCUT2D eigenvalue weighted by Gasteiger charge is -2.08. The lowest BCUT2D eigenvalue weighted by molar-refractivity contribution is -0.128. The van der Waals surface area contributed by atoms with Crippen LogP contribution in [0.1, 0.15) is 15.9 Å². The summed E-state index contributed by atoms with van der Waals surface area (Å²) in [6, 6.07) is 22.8. The van der Waals surface area contributed by atoms with Crippen LogP contribution in [0.5, 0.6) is 17.2 Å². The van der Waals surface area contributed by atoms with Crippen LogP contribution in [0.3, 0.4) is 0 Å². The largest absolute Gasteiger partial charge is 0.496 e. The average molecular weight is 418 g/mol. The van der Waals surface area contributed by atoms with Gasteiger partial charge in [-0.2, -0.15) is 0 Å². The maximum atomic E-state index is 12.2. The molecule has 0 aliphatic carbocycles. The predicted molar refractivity (Wildman–Crippen MR) is 116 cm³/mol. The second-order valence-electron chi connectivity index (χ2n) is 6.32. The van der Waals surface area contributed by atoms with Gasteiger partial charge in [0.15, 0.2) is 0 Å². The van der Waals surface area contributed by atoms with Gasteiger partial charge in [0, 0.05) is 11.6 Å². The van der Waals surface area contributed by atoms with Gasteiger partial charge in [-0.25, -0.2) is 9.59 Å². The molecule has 6 nitrogen and oxygen atoms in total. The van der Waals surface area contributed by atoms with E-state index >= 15 is 0 Å². The average Bonchev–Trinajstić information content (AvgIpc) is 2.81. The molecule has 158 valence electrons. The number of para-hydroxylation sites is 2. The fourth-order valence-electron chi connectivity index (χ4n) is 2.69. The number of benzene rings is 3. The normalized spacial score (nSPS) is 10.5. The van der Waals surface area contributed by atoms with Crippen LogP contribution in [-0.2, 0) is 9.53 Å². The van der Waals surface area contributed by atoms with Crippen molar-refractivity contribution in [3.63, 3.8) is 0 Å². The standard InChI is InChI=1S/C25H22O6/c1-28-23-13-6-5-8-19(23)14-15-24(26)31-22-12-7-9-20(18-22)25(27)30-17-16-29-21-10-3-2-4-11-21/h2-15,18H,16-17H2,1H3/b15-14+. The zero-order valence-corrected chi connectivity index (χ0v) is 17.0. The van der Waals surface area contributed by atoms with Crippen LogP contribution >= 0.6 is 0 Å². The SMILES string of the molecule is COc1ccccc1/C=C/C(=O)Oc1cccc(C(=O)OCCOc2ccccc2)c1. The van der Waals surface area contributed by atoms with E-state index in [-0.39, 0.29) is 24.5 Å². The topological polar surface area (TPSA) is 71.1 Å². The lowest BCUT2D eigenvalue weighted by atomic mass is 10.2. The molecule has 0 bridgehead atoms. The molecule has 0 radical (unpaired) electrons. The van der Waals surface area contributed by atoms with Crippen LogP contribution in [0.4, 0.5) is 0 Å². The third-order valence-corrected chi connectivity index (χ3v) is 4.15. The van der Waals surface area contributed by atoms with Crippen LogP contribution in [0.25, 0.3) is 6.08 Å². The third kappa shape index (κ3) is 6.75. The molecule has 0 fully saturated rings. The molecular formula is C25H22O6. The Hall–Kier alpha value is -4.06. The quantitative estimate of drug-likeness (QED) is 0.220. The molecule has 0 aliphatic rings. The predicted octanol–water partition coefficient (Wildman–Crippen LogP) is 4.55. The van der Waals surface area contributed by atoms with Crippen LogP contribution in [-0.4, -0.2) is 32.3 Å². The van der Waals surface area contributed by atoms with Crippen molar-refractivity contribution in [2.24, 2.45) is 0 Å². The van der Waals surface area contributed by atoms with E-state index in [0.717, 1.165) is 5.56 Å². The summed E-state index contributed by atoms with van der Waals surface area (Å²) in [4.78, 5) is 24.4. The highest BCUT2D eigenvalue weighted by atomic mass is 16.6. The molecule has 3 aromatic rings. The molecule has 6 heteroatoms. The molecule has 0 atom stereocenters. The first-order valence-electron chi connectivity index (χ1n) is 9.63. The highest BCUT2D eigenvalue weighted by Crippen LogP contribution is 2.19. The van der Waals surface area contributed by atoms with E-state index < -0.39 is 11.9 Å². The number of ether oxygens (including phenoxy) is 4. The van der Waals surface area contributed by atoms with Crippen LogP contribution in [0, 0.1) is 0 Å². The molecule has 0 unspecified atom stereocenters. The number of esters is 2. The fourth-order valence-corrected chi connectivity index (χ4v) is 2.69. The van der Waals surface area contributed by atoms with E-state index in [9.17, 15) is 9.59 Å². The molecule has 0 N–H and O–H groups in total. The molecule has 3 aromatic carbocycles. The number of methoxy groups -OCH3 is 1. The van der Waals surface area contributed by atoms with E-state index in [1.165, 1.54) is 12.1 Å². The molecular weight excluding hydrogens is 396 g/mol. The van der Waals surface area contributed by atoms with E-state index in [0.29, 0.717) is 11.5 Å². The minimum atomic E-state index is -0.576. The van der Waals surface area contributed by atoms with Crippen molar-refractivity contribution in [2.45, 2.75) is 0 Å². The Morgan fingerprint density at radius 3 is 2.39 bits per heavy atom. The van der Waals surface area contributed by atoms with Gasteiger partial charge < -0.3 is 18.9 Å². The zero-order valence-electron chi connectivity index (χ0n) is 17.0. The number of hydrogen-bond donors (Lipinski definition) is 0. The fraction of sp³-hybridized carbons (Fsp3) is 0.120. The second-order valence-corrected chi connectivity index (χ2v) is 6.32. The van der Waals surface area contributed by atoms with Crippen LogP contribution in [0.15, 0.2) is 84.9 Å². The van der Waals surface area contributed by atoms with Gasteiger partial charge in [0.2, 0.25) is 0 Å². The maximum Gasteiger partial charge on any atom is 0.338 e. The number of carbonyl (C=O) groups excluding carboxylic acids is 2. The number of hydrogen-bond acceptors (Lipinski definition) is 6. The second kappa shape index (κ2) is 11.2. The molecule has 0 aliphatic heterocycles. The Bertz CT molecular complexity index is 1040. The van der Waals surface area contributed by atoms with Crippen molar-refractivity contribution in [3.8, 4) is 17.2 Å². The Labute approximate surface area is 180 Å². The van der Waals surface area contributed by atoms with Gasteiger partial charge in [0.25, 0.3) is 0 Å². The Balaban J connectivity index is 1.51. The van der Waals surface area contributed by atoms with Crippen molar-refractivity contribution < 1.29 is 28.5 Å². The lowest BCUT2D eigenvalue weighted by Crippen LogP contribution is -2.12. The minimum Gasteiger partial charge on any atom is -0.496 e. The first kappa shape index (κ1) is 21.6. The van der Waals surface area contributed by atoms with Crippen molar-refractivity contribution in [2.75, 3.05) is 20.3 Å². The number of carbonyl (C=O) groups is 2. The highest BCUT2D eigenvalue weighted by molar-refractivity contribution is 5.91. The summed E-state index contributed by atoms with van der Waals surface area (Å²) >= 11 is 0. The van der Waals surface area contributed by atoms with Crippen molar-refractivity contribution in [1.29, 1.82) is 0 Å². The summed E-state index contributed by atoms with van der Waals surface area (Å²) in [5.41, 5.74) is 1.02. The van der Waals surface area contributed by atoms with E-state index in [4.69, 9.17) is 18.9 Å². The summed E-state index contributed by atoms with van der Waals surface area (Å²) < 4.78 is 21.2. The molecule has 0 spiro atoms. The Kier molecular flexibility index (Phi) is 7.83. The van der Waals surface area contributed by atoms with Gasteiger partial charge in [0.05, 0.1) is 12.7 Å². The zero-order chi connectivity index (χ0) is 21.9. The number of rotatable bonds is 9. The molecule has 0 heterocycles. The highest BCUT2D eigenvalue weighted by Gasteiger charge is 2.10. The summed E-state index contributed by atoms with van der Waals surface area (Å²) in [6.07, 6.45) is 2.90. The molecule has 3 rings (SSSR count). The summed E-state index contributed by atoms with van der Waals surface area (Å²) in [6.45, 7) is 0.331. The van der Waals surface area contributed by atoms with Gasteiger partial charge in [-0.15, -0.1) is 0 Å². The molecule has 0 saturated heterocycles. The molecule has 31 heavy (non-hydrogen) atoms. The van der Waals surface area contributed by atoms with Gasteiger partial charge in [-0.05, 0) is 42.5 Å². The molecule has 0 aromatic heterocycles. The van der Waals surface area contributed by atoms with Crippen molar-refractivity contribution in [1.82, 2.24) is 0 Å². The monoisotopic (exact) mass is 418 g/mol. The smallest absolute Gasteiger partial charge is 0.338 e.